The average Bonchev–Trinajstić information content (AvgIpc) is 2.87. The molecular formula is C18H23ClN4O2. The number of para-hydroxylation sites is 1. The Morgan fingerprint density at radius 3 is 2.84 bits per heavy atom. The largest absolute Gasteiger partial charge is 0.482 e. The summed E-state index contributed by atoms with van der Waals surface area (Å²) in [6, 6.07) is 7.20. The standard InChI is InChI=1S/C18H23ClN4O2/c1-21-12-15(11-20-21)13-22-7-4-8-23(10-9-22)18(24)14-25-17-6-3-2-5-16(17)19/h2-3,5-6,11-12H,4,7-10,13-14H2,1H3. The van der Waals surface area contributed by atoms with E-state index in [1.54, 1.807) is 12.1 Å². The topological polar surface area (TPSA) is 50.6 Å². The molecule has 134 valence electrons. The maximum absolute atomic E-state index is 12.4. The molecule has 0 N–H and O–H groups in total. The fourth-order valence-corrected chi connectivity index (χ4v) is 3.17. The van der Waals surface area contributed by atoms with Crippen molar-refractivity contribution in [2.24, 2.45) is 7.05 Å². The number of benzene rings is 1. The molecule has 0 atom stereocenters. The van der Waals surface area contributed by atoms with Crippen LogP contribution in [0.15, 0.2) is 36.7 Å². The van der Waals surface area contributed by atoms with Gasteiger partial charge in [0, 0.05) is 51.5 Å². The van der Waals surface area contributed by atoms with Crippen molar-refractivity contribution in [3.63, 3.8) is 0 Å². The third kappa shape index (κ3) is 4.96. The molecular weight excluding hydrogens is 340 g/mol. The Morgan fingerprint density at radius 2 is 2.08 bits per heavy atom. The van der Waals surface area contributed by atoms with E-state index >= 15 is 0 Å². The Morgan fingerprint density at radius 1 is 1.24 bits per heavy atom. The molecule has 3 rings (SSSR count). The molecule has 0 saturated carbocycles. The van der Waals surface area contributed by atoms with Gasteiger partial charge in [-0.2, -0.15) is 5.10 Å². The van der Waals surface area contributed by atoms with Crippen LogP contribution in [-0.2, 0) is 18.4 Å². The molecule has 1 aromatic carbocycles. The zero-order valence-electron chi connectivity index (χ0n) is 14.4. The van der Waals surface area contributed by atoms with Gasteiger partial charge in [-0.05, 0) is 18.6 Å². The van der Waals surface area contributed by atoms with Gasteiger partial charge in [0.2, 0.25) is 0 Å². The van der Waals surface area contributed by atoms with E-state index in [0.717, 1.165) is 32.6 Å². The number of nitrogens with zero attached hydrogens (tertiary/aromatic N) is 4. The molecule has 0 unspecified atom stereocenters. The van der Waals surface area contributed by atoms with Crippen molar-refractivity contribution in [3.8, 4) is 5.75 Å². The first-order valence-electron chi connectivity index (χ1n) is 8.47. The number of aromatic nitrogens is 2. The van der Waals surface area contributed by atoms with E-state index in [2.05, 4.69) is 10.00 Å². The molecule has 1 saturated heterocycles. The quantitative estimate of drug-likeness (QED) is 0.818. The van der Waals surface area contributed by atoms with Gasteiger partial charge < -0.3 is 9.64 Å². The molecule has 1 fully saturated rings. The Hall–Kier alpha value is -2.05. The second kappa shape index (κ2) is 8.36. The van der Waals surface area contributed by atoms with Crippen molar-refractivity contribution in [3.05, 3.63) is 47.2 Å². The maximum atomic E-state index is 12.4. The number of ether oxygens (including phenoxy) is 1. The monoisotopic (exact) mass is 362 g/mol. The number of carbonyl (C=O) groups is 1. The van der Waals surface area contributed by atoms with Gasteiger partial charge in [-0.25, -0.2) is 0 Å². The van der Waals surface area contributed by atoms with Gasteiger partial charge in [-0.15, -0.1) is 0 Å². The van der Waals surface area contributed by atoms with Crippen LogP contribution in [0.3, 0.4) is 0 Å². The summed E-state index contributed by atoms with van der Waals surface area (Å²) in [5.74, 6) is 0.550. The summed E-state index contributed by atoms with van der Waals surface area (Å²) in [7, 11) is 1.92. The van der Waals surface area contributed by atoms with Crippen LogP contribution in [0, 0.1) is 0 Å². The molecule has 1 aromatic heterocycles. The summed E-state index contributed by atoms with van der Waals surface area (Å²) in [5, 5.41) is 4.73. The van der Waals surface area contributed by atoms with E-state index in [-0.39, 0.29) is 12.5 Å². The van der Waals surface area contributed by atoms with Crippen molar-refractivity contribution in [1.29, 1.82) is 0 Å². The highest BCUT2D eigenvalue weighted by Crippen LogP contribution is 2.23. The van der Waals surface area contributed by atoms with Crippen LogP contribution in [-0.4, -0.2) is 58.3 Å². The predicted molar refractivity (Wildman–Crippen MR) is 96.6 cm³/mol. The lowest BCUT2D eigenvalue weighted by Gasteiger charge is -2.22. The van der Waals surface area contributed by atoms with Crippen LogP contribution >= 0.6 is 11.6 Å². The minimum atomic E-state index is 0.00291. The molecule has 1 aliphatic heterocycles. The Balaban J connectivity index is 1.48. The van der Waals surface area contributed by atoms with Crippen molar-refractivity contribution in [1.82, 2.24) is 19.6 Å². The zero-order valence-corrected chi connectivity index (χ0v) is 15.2. The summed E-state index contributed by atoms with van der Waals surface area (Å²) in [5.41, 5.74) is 1.20. The minimum absolute atomic E-state index is 0.00291. The third-order valence-corrected chi connectivity index (χ3v) is 4.61. The van der Waals surface area contributed by atoms with Crippen molar-refractivity contribution in [2.75, 3.05) is 32.8 Å². The number of carbonyl (C=O) groups excluding carboxylic acids is 1. The summed E-state index contributed by atoms with van der Waals surface area (Å²) in [6.45, 7) is 4.19. The highest BCUT2D eigenvalue weighted by molar-refractivity contribution is 6.32. The highest BCUT2D eigenvalue weighted by Gasteiger charge is 2.20. The lowest BCUT2D eigenvalue weighted by atomic mass is 10.3. The number of hydrogen-bond donors (Lipinski definition) is 0. The first kappa shape index (κ1) is 17.8. The summed E-state index contributed by atoms with van der Waals surface area (Å²) in [4.78, 5) is 16.7. The summed E-state index contributed by atoms with van der Waals surface area (Å²) < 4.78 is 7.38. The fraction of sp³-hybridized carbons (Fsp3) is 0.444. The van der Waals surface area contributed by atoms with Crippen molar-refractivity contribution < 1.29 is 9.53 Å². The van der Waals surface area contributed by atoms with Gasteiger partial charge in [-0.3, -0.25) is 14.4 Å². The van der Waals surface area contributed by atoms with Gasteiger partial charge >= 0.3 is 0 Å². The number of hydrogen-bond acceptors (Lipinski definition) is 4. The van der Waals surface area contributed by atoms with Gasteiger partial charge in [-0.1, -0.05) is 23.7 Å². The van der Waals surface area contributed by atoms with E-state index in [1.807, 2.05) is 41.2 Å². The third-order valence-electron chi connectivity index (χ3n) is 4.29. The Bertz CT molecular complexity index is 719. The molecule has 0 bridgehead atoms. The molecule has 6 nitrogen and oxygen atoms in total. The van der Waals surface area contributed by atoms with E-state index in [4.69, 9.17) is 16.3 Å². The normalized spacial score (nSPS) is 15.8. The molecule has 25 heavy (non-hydrogen) atoms. The van der Waals surface area contributed by atoms with E-state index in [0.29, 0.717) is 17.3 Å². The summed E-state index contributed by atoms with van der Waals surface area (Å²) >= 11 is 6.05. The molecule has 2 heterocycles. The SMILES string of the molecule is Cn1cc(CN2CCCN(C(=O)COc3ccccc3Cl)CC2)cn1. The molecule has 0 radical (unpaired) electrons. The number of amides is 1. The fourth-order valence-electron chi connectivity index (χ4n) is 2.98. The van der Waals surface area contributed by atoms with Crippen LogP contribution in [0.4, 0.5) is 0 Å². The number of halogens is 1. The molecule has 1 amide bonds. The Labute approximate surface area is 152 Å². The summed E-state index contributed by atoms with van der Waals surface area (Å²) in [6.07, 6.45) is 4.88. The van der Waals surface area contributed by atoms with E-state index in [9.17, 15) is 4.79 Å². The smallest absolute Gasteiger partial charge is 0.260 e. The molecule has 0 spiro atoms. The van der Waals surface area contributed by atoms with Crippen molar-refractivity contribution in [2.45, 2.75) is 13.0 Å². The first-order valence-corrected chi connectivity index (χ1v) is 8.84. The van der Waals surface area contributed by atoms with Crippen LogP contribution < -0.4 is 4.74 Å². The molecule has 2 aromatic rings. The second-order valence-electron chi connectivity index (χ2n) is 6.25. The van der Waals surface area contributed by atoms with Crippen LogP contribution in [0.2, 0.25) is 5.02 Å². The second-order valence-corrected chi connectivity index (χ2v) is 6.66. The number of aryl methyl sites for hydroxylation is 1. The predicted octanol–water partition coefficient (Wildman–Crippen LogP) is 2.19. The van der Waals surface area contributed by atoms with Crippen LogP contribution in [0.25, 0.3) is 0 Å². The maximum Gasteiger partial charge on any atom is 0.260 e. The Kier molecular flexibility index (Phi) is 5.94. The van der Waals surface area contributed by atoms with Crippen LogP contribution in [0.1, 0.15) is 12.0 Å². The molecule has 1 aliphatic rings. The van der Waals surface area contributed by atoms with Gasteiger partial charge in [0.25, 0.3) is 5.91 Å². The highest BCUT2D eigenvalue weighted by atomic mass is 35.5. The van der Waals surface area contributed by atoms with Gasteiger partial charge in [0.05, 0.1) is 11.2 Å². The first-order chi connectivity index (χ1) is 12.1. The van der Waals surface area contributed by atoms with Crippen molar-refractivity contribution >= 4 is 17.5 Å². The number of rotatable bonds is 5. The molecule has 7 heteroatoms. The van der Waals surface area contributed by atoms with Crippen LogP contribution in [0.5, 0.6) is 5.75 Å². The lowest BCUT2D eigenvalue weighted by Crippen LogP contribution is -2.38. The van der Waals surface area contributed by atoms with E-state index < -0.39 is 0 Å². The van der Waals surface area contributed by atoms with Gasteiger partial charge in [0.15, 0.2) is 6.61 Å². The average molecular weight is 363 g/mol. The van der Waals surface area contributed by atoms with Gasteiger partial charge in [0.1, 0.15) is 5.75 Å². The minimum Gasteiger partial charge on any atom is -0.482 e. The zero-order chi connectivity index (χ0) is 17.6. The molecule has 0 aliphatic carbocycles. The lowest BCUT2D eigenvalue weighted by molar-refractivity contribution is -0.133. The van der Waals surface area contributed by atoms with E-state index in [1.165, 1.54) is 5.56 Å².